The molecule has 0 aliphatic carbocycles. The van der Waals surface area contributed by atoms with Crippen LogP contribution in [0.1, 0.15) is 19.8 Å². The van der Waals surface area contributed by atoms with E-state index in [1.807, 2.05) is 0 Å². The Kier molecular flexibility index (Phi) is 3.25. The molecular formula is C11H16N2O5. The summed E-state index contributed by atoms with van der Waals surface area (Å²) in [6, 6.07) is -0.429. The SMILES string of the molecule is CC1(OCC(=O)O)CN(C(=O)C2CCC(=O)N2)C1. The number of carbonyl (C=O) groups is 3. The Hall–Kier alpha value is -1.63. The van der Waals surface area contributed by atoms with Gasteiger partial charge in [-0.1, -0.05) is 0 Å². The molecule has 2 amide bonds. The molecule has 7 nitrogen and oxygen atoms in total. The van der Waals surface area contributed by atoms with Crippen LogP contribution in [0, 0.1) is 0 Å². The van der Waals surface area contributed by atoms with Crippen LogP contribution in [0.5, 0.6) is 0 Å². The topological polar surface area (TPSA) is 95.9 Å². The fourth-order valence-corrected chi connectivity index (χ4v) is 2.26. The number of nitrogens with zero attached hydrogens (tertiary/aromatic N) is 1. The highest BCUT2D eigenvalue weighted by Gasteiger charge is 2.45. The zero-order valence-corrected chi connectivity index (χ0v) is 10.1. The normalized spacial score (nSPS) is 25.5. The quantitative estimate of drug-likeness (QED) is 0.670. The van der Waals surface area contributed by atoms with Crippen LogP contribution in [0.25, 0.3) is 0 Å². The summed E-state index contributed by atoms with van der Waals surface area (Å²) in [5, 5.41) is 11.1. The molecule has 0 saturated carbocycles. The first kappa shape index (κ1) is 12.8. The van der Waals surface area contributed by atoms with Crippen molar-refractivity contribution in [2.75, 3.05) is 19.7 Å². The fourth-order valence-electron chi connectivity index (χ4n) is 2.26. The number of carbonyl (C=O) groups excluding carboxylic acids is 2. The van der Waals surface area contributed by atoms with Gasteiger partial charge in [-0.05, 0) is 13.3 Å². The lowest BCUT2D eigenvalue weighted by Gasteiger charge is -2.47. The summed E-state index contributed by atoms with van der Waals surface area (Å²) in [6.07, 6.45) is 0.915. The zero-order chi connectivity index (χ0) is 13.3. The van der Waals surface area contributed by atoms with Gasteiger partial charge in [0.15, 0.2) is 0 Å². The number of rotatable bonds is 4. The lowest BCUT2D eigenvalue weighted by molar-refractivity contribution is -0.174. The van der Waals surface area contributed by atoms with Crippen molar-refractivity contribution >= 4 is 17.8 Å². The Morgan fingerprint density at radius 3 is 2.72 bits per heavy atom. The van der Waals surface area contributed by atoms with E-state index in [0.29, 0.717) is 25.9 Å². The maximum Gasteiger partial charge on any atom is 0.329 e. The number of likely N-dealkylation sites (tertiary alicyclic amines) is 1. The van der Waals surface area contributed by atoms with E-state index in [9.17, 15) is 14.4 Å². The van der Waals surface area contributed by atoms with Gasteiger partial charge >= 0.3 is 5.97 Å². The minimum atomic E-state index is -1.02. The summed E-state index contributed by atoms with van der Waals surface area (Å²) in [5.41, 5.74) is -0.587. The molecule has 7 heteroatoms. The molecule has 2 aliphatic rings. The number of hydrogen-bond acceptors (Lipinski definition) is 4. The third kappa shape index (κ3) is 2.61. The Morgan fingerprint density at radius 1 is 1.56 bits per heavy atom. The van der Waals surface area contributed by atoms with E-state index in [2.05, 4.69) is 5.32 Å². The van der Waals surface area contributed by atoms with E-state index in [1.54, 1.807) is 11.8 Å². The molecule has 2 N–H and O–H groups in total. The summed E-state index contributed by atoms with van der Waals surface area (Å²) < 4.78 is 5.21. The molecule has 0 bridgehead atoms. The maximum atomic E-state index is 11.9. The van der Waals surface area contributed by atoms with Crippen LogP contribution in [0.4, 0.5) is 0 Å². The largest absolute Gasteiger partial charge is 0.480 e. The molecule has 18 heavy (non-hydrogen) atoms. The molecule has 2 fully saturated rings. The summed E-state index contributed by atoms with van der Waals surface area (Å²) in [7, 11) is 0. The van der Waals surface area contributed by atoms with Crippen molar-refractivity contribution in [3.8, 4) is 0 Å². The highest BCUT2D eigenvalue weighted by atomic mass is 16.5. The highest BCUT2D eigenvalue weighted by molar-refractivity contribution is 5.91. The second-order valence-corrected chi connectivity index (χ2v) is 4.99. The molecule has 100 valence electrons. The molecule has 0 aromatic heterocycles. The van der Waals surface area contributed by atoms with Gasteiger partial charge in [0.25, 0.3) is 0 Å². The van der Waals surface area contributed by atoms with E-state index < -0.39 is 17.6 Å². The molecular weight excluding hydrogens is 240 g/mol. The van der Waals surface area contributed by atoms with Gasteiger partial charge in [-0.3, -0.25) is 9.59 Å². The molecule has 1 atom stereocenters. The number of ether oxygens (including phenoxy) is 1. The Balaban J connectivity index is 1.79. The van der Waals surface area contributed by atoms with Crippen molar-refractivity contribution in [3.63, 3.8) is 0 Å². The first-order valence-corrected chi connectivity index (χ1v) is 5.83. The zero-order valence-electron chi connectivity index (χ0n) is 10.1. The van der Waals surface area contributed by atoms with Crippen LogP contribution in [0.3, 0.4) is 0 Å². The number of aliphatic carboxylic acids is 1. The predicted molar refractivity (Wildman–Crippen MR) is 59.7 cm³/mol. The van der Waals surface area contributed by atoms with E-state index in [4.69, 9.17) is 9.84 Å². The Bertz CT molecular complexity index is 389. The van der Waals surface area contributed by atoms with Crippen LogP contribution >= 0.6 is 0 Å². The molecule has 2 aliphatic heterocycles. The number of amides is 2. The van der Waals surface area contributed by atoms with E-state index in [-0.39, 0.29) is 18.4 Å². The molecule has 0 aromatic rings. The number of carboxylic acid groups (broad SMARTS) is 1. The average Bonchev–Trinajstić information content (AvgIpc) is 2.68. The monoisotopic (exact) mass is 256 g/mol. The van der Waals surface area contributed by atoms with Crippen LogP contribution in [0.2, 0.25) is 0 Å². The van der Waals surface area contributed by atoms with Crippen LogP contribution in [-0.4, -0.2) is 59.1 Å². The van der Waals surface area contributed by atoms with Crippen LogP contribution in [-0.2, 0) is 19.1 Å². The smallest absolute Gasteiger partial charge is 0.329 e. The maximum absolute atomic E-state index is 11.9. The minimum absolute atomic E-state index is 0.0984. The van der Waals surface area contributed by atoms with E-state index >= 15 is 0 Å². The first-order valence-electron chi connectivity index (χ1n) is 5.83. The van der Waals surface area contributed by atoms with Gasteiger partial charge in [0.05, 0.1) is 13.1 Å². The predicted octanol–water partition coefficient (Wildman–Crippen LogP) is -1.03. The van der Waals surface area contributed by atoms with Gasteiger partial charge < -0.3 is 20.1 Å². The van der Waals surface area contributed by atoms with Crippen LogP contribution < -0.4 is 5.32 Å². The van der Waals surface area contributed by atoms with Gasteiger partial charge in [0.2, 0.25) is 11.8 Å². The molecule has 2 rings (SSSR count). The van der Waals surface area contributed by atoms with Crippen LogP contribution in [0.15, 0.2) is 0 Å². The second kappa shape index (κ2) is 4.56. The molecule has 0 aromatic carbocycles. The summed E-state index contributed by atoms with van der Waals surface area (Å²) >= 11 is 0. The van der Waals surface area contributed by atoms with Crippen molar-refractivity contribution in [2.45, 2.75) is 31.4 Å². The third-order valence-electron chi connectivity index (χ3n) is 3.20. The molecule has 2 saturated heterocycles. The van der Waals surface area contributed by atoms with Crippen molar-refractivity contribution in [2.24, 2.45) is 0 Å². The summed E-state index contributed by atoms with van der Waals surface area (Å²) in [5.74, 6) is -1.24. The Morgan fingerprint density at radius 2 is 2.22 bits per heavy atom. The second-order valence-electron chi connectivity index (χ2n) is 4.99. The van der Waals surface area contributed by atoms with Gasteiger partial charge in [-0.15, -0.1) is 0 Å². The van der Waals surface area contributed by atoms with Crippen molar-refractivity contribution in [3.05, 3.63) is 0 Å². The standard InChI is InChI=1S/C11H16N2O5/c1-11(18-4-9(15)16)5-13(6-11)10(17)7-2-3-8(14)12-7/h7H,2-6H2,1H3,(H,12,14)(H,15,16). The lowest BCUT2D eigenvalue weighted by atomic mass is 9.95. The molecule has 1 unspecified atom stereocenters. The minimum Gasteiger partial charge on any atom is -0.480 e. The number of carboxylic acids is 1. The fraction of sp³-hybridized carbons (Fsp3) is 0.727. The Labute approximate surface area is 104 Å². The van der Waals surface area contributed by atoms with Crippen molar-refractivity contribution in [1.29, 1.82) is 0 Å². The number of nitrogens with one attached hydrogen (secondary N) is 1. The number of hydrogen-bond donors (Lipinski definition) is 2. The van der Waals surface area contributed by atoms with Gasteiger partial charge in [-0.2, -0.15) is 0 Å². The van der Waals surface area contributed by atoms with E-state index in [1.165, 1.54) is 0 Å². The molecule has 2 heterocycles. The van der Waals surface area contributed by atoms with E-state index in [0.717, 1.165) is 0 Å². The summed E-state index contributed by atoms with van der Waals surface area (Å²) in [4.78, 5) is 34.9. The average molecular weight is 256 g/mol. The lowest BCUT2D eigenvalue weighted by Crippen LogP contribution is -2.65. The molecule has 0 spiro atoms. The van der Waals surface area contributed by atoms with Crippen molar-refractivity contribution in [1.82, 2.24) is 10.2 Å². The first-order chi connectivity index (χ1) is 8.39. The third-order valence-corrected chi connectivity index (χ3v) is 3.20. The van der Waals surface area contributed by atoms with Gasteiger partial charge in [0.1, 0.15) is 18.2 Å². The summed E-state index contributed by atoms with van der Waals surface area (Å²) in [6.45, 7) is 2.14. The highest BCUT2D eigenvalue weighted by Crippen LogP contribution is 2.26. The molecule has 0 radical (unpaired) electrons. The van der Waals surface area contributed by atoms with Gasteiger partial charge in [-0.25, -0.2) is 4.79 Å². The van der Waals surface area contributed by atoms with Gasteiger partial charge in [0, 0.05) is 6.42 Å². The van der Waals surface area contributed by atoms with Crippen molar-refractivity contribution < 1.29 is 24.2 Å².